The molecule has 3 nitrogen and oxygen atoms in total. The van der Waals surface area contributed by atoms with Crippen molar-refractivity contribution in [3.8, 4) is 17.9 Å². The van der Waals surface area contributed by atoms with Crippen LogP contribution in [-0.4, -0.2) is 6.61 Å². The van der Waals surface area contributed by atoms with Crippen LogP contribution in [0, 0.1) is 33.9 Å². The van der Waals surface area contributed by atoms with E-state index in [1.165, 1.54) is 12.1 Å². The van der Waals surface area contributed by atoms with Crippen LogP contribution in [0.15, 0.2) is 18.2 Å². The number of hydrogen-bond donors (Lipinski definition) is 0. The van der Waals surface area contributed by atoms with Gasteiger partial charge in [0.2, 0.25) is 0 Å². The lowest BCUT2D eigenvalue weighted by atomic mass is 10.1. The Balaban J connectivity index is 1.99. The molecule has 1 aliphatic carbocycles. The summed E-state index contributed by atoms with van der Waals surface area (Å²) in [6, 6.07) is 8.07. The van der Waals surface area contributed by atoms with Crippen LogP contribution in [0.3, 0.4) is 0 Å². The lowest BCUT2D eigenvalue weighted by Crippen LogP contribution is -2.12. The minimum Gasteiger partial charge on any atom is -0.493 e. The van der Waals surface area contributed by atoms with Crippen molar-refractivity contribution in [2.45, 2.75) is 19.3 Å². The smallest absolute Gasteiger partial charge is 0.144 e. The van der Waals surface area contributed by atoms with Crippen molar-refractivity contribution in [2.75, 3.05) is 6.61 Å². The zero-order valence-corrected chi connectivity index (χ0v) is 9.24. The molecule has 17 heavy (non-hydrogen) atoms. The molecule has 1 aromatic carbocycles. The largest absolute Gasteiger partial charge is 0.493 e. The molecule has 0 aromatic heterocycles. The first kappa shape index (κ1) is 11.4. The molecule has 0 unspecified atom stereocenters. The summed E-state index contributed by atoms with van der Waals surface area (Å²) >= 11 is 0. The summed E-state index contributed by atoms with van der Waals surface area (Å²) in [5, 5.41) is 17.2. The minimum atomic E-state index is -0.574. The van der Waals surface area contributed by atoms with Crippen LogP contribution >= 0.6 is 0 Å². The van der Waals surface area contributed by atoms with Crippen molar-refractivity contribution in [1.29, 1.82) is 10.5 Å². The second-order valence-corrected chi connectivity index (χ2v) is 4.38. The van der Waals surface area contributed by atoms with Gasteiger partial charge in [0.25, 0.3) is 0 Å². The number of nitrogens with zero attached hydrogens (tertiary/aromatic N) is 2. The maximum atomic E-state index is 13.3. The highest BCUT2D eigenvalue weighted by atomic mass is 19.1. The van der Waals surface area contributed by atoms with Crippen molar-refractivity contribution >= 4 is 0 Å². The number of halogens is 1. The molecule has 1 aromatic rings. The molecule has 1 fully saturated rings. The monoisotopic (exact) mass is 230 g/mol. The van der Waals surface area contributed by atoms with E-state index in [0.29, 0.717) is 18.8 Å². The summed E-state index contributed by atoms with van der Waals surface area (Å²) in [5.41, 5.74) is -0.0189. The van der Waals surface area contributed by atoms with Crippen molar-refractivity contribution in [1.82, 2.24) is 0 Å². The van der Waals surface area contributed by atoms with Crippen molar-refractivity contribution in [3.63, 3.8) is 0 Å². The van der Waals surface area contributed by atoms with Gasteiger partial charge >= 0.3 is 0 Å². The molecule has 1 aliphatic rings. The summed E-state index contributed by atoms with van der Waals surface area (Å²) in [6.45, 7) is 0.436. The third kappa shape index (κ3) is 2.54. The lowest BCUT2D eigenvalue weighted by Gasteiger charge is -2.12. The van der Waals surface area contributed by atoms with Crippen LogP contribution in [0.5, 0.6) is 5.75 Å². The molecule has 0 aliphatic heterocycles. The zero-order valence-electron chi connectivity index (χ0n) is 9.24. The predicted octanol–water partition coefficient (Wildman–Crippen LogP) is 2.77. The zero-order chi connectivity index (χ0) is 12.3. The highest BCUT2D eigenvalue weighted by Crippen LogP contribution is 2.48. The number of ether oxygens (including phenoxy) is 1. The summed E-state index contributed by atoms with van der Waals surface area (Å²) in [4.78, 5) is 0. The highest BCUT2D eigenvalue weighted by Gasteiger charge is 2.43. The molecule has 0 radical (unpaired) electrons. The molecule has 0 atom stereocenters. The summed E-state index contributed by atoms with van der Waals surface area (Å²) in [6.07, 6.45) is 2.45. The first-order valence-electron chi connectivity index (χ1n) is 5.38. The van der Waals surface area contributed by atoms with Crippen molar-refractivity contribution < 1.29 is 9.13 Å². The summed E-state index contributed by atoms with van der Waals surface area (Å²) < 4.78 is 18.7. The molecule has 0 amide bonds. The maximum Gasteiger partial charge on any atom is 0.144 e. The Hall–Kier alpha value is -2.07. The van der Waals surface area contributed by atoms with Gasteiger partial charge < -0.3 is 4.74 Å². The Kier molecular flexibility index (Phi) is 2.97. The molecule has 0 bridgehead atoms. The standard InChI is InChI=1S/C13H11FN2O/c14-12-7-11(2-1-10(12)8-16)17-9-13(3-4-13)5-6-15/h1-2,7H,3-5,9H2. The van der Waals surface area contributed by atoms with Crippen LogP contribution in [0.25, 0.3) is 0 Å². The third-order valence-corrected chi connectivity index (χ3v) is 3.02. The first-order valence-corrected chi connectivity index (χ1v) is 5.38. The Bertz CT molecular complexity index is 509. The average molecular weight is 230 g/mol. The van der Waals surface area contributed by atoms with E-state index in [0.717, 1.165) is 12.8 Å². The predicted molar refractivity (Wildman–Crippen MR) is 58.5 cm³/mol. The van der Waals surface area contributed by atoms with E-state index < -0.39 is 5.82 Å². The van der Waals surface area contributed by atoms with Gasteiger partial charge in [0.15, 0.2) is 0 Å². The number of benzene rings is 1. The Morgan fingerprint density at radius 3 is 2.65 bits per heavy atom. The van der Waals surface area contributed by atoms with Crippen molar-refractivity contribution in [3.05, 3.63) is 29.6 Å². The summed E-state index contributed by atoms with van der Waals surface area (Å²) in [5.74, 6) is -0.166. The SMILES string of the molecule is N#CCC1(COc2ccc(C#N)c(F)c2)CC1. The molecule has 0 heterocycles. The normalized spacial score (nSPS) is 15.7. The minimum absolute atomic E-state index is 0.00973. The quantitative estimate of drug-likeness (QED) is 0.799. The molecule has 0 N–H and O–H groups in total. The van der Waals surface area contributed by atoms with Crippen LogP contribution in [0.4, 0.5) is 4.39 Å². The van der Waals surface area contributed by atoms with E-state index in [2.05, 4.69) is 6.07 Å². The van der Waals surface area contributed by atoms with Gasteiger partial charge in [-0.3, -0.25) is 0 Å². The number of nitriles is 2. The molecule has 86 valence electrons. The molecule has 4 heteroatoms. The van der Waals surface area contributed by atoms with Crippen LogP contribution < -0.4 is 4.74 Å². The van der Waals surface area contributed by atoms with E-state index in [1.807, 2.05) is 0 Å². The van der Waals surface area contributed by atoms with Gasteiger partial charge in [0, 0.05) is 17.9 Å². The second kappa shape index (κ2) is 4.43. The number of hydrogen-bond acceptors (Lipinski definition) is 3. The maximum absolute atomic E-state index is 13.3. The van der Waals surface area contributed by atoms with Gasteiger partial charge in [-0.2, -0.15) is 10.5 Å². The van der Waals surface area contributed by atoms with Gasteiger partial charge in [0.1, 0.15) is 17.6 Å². The summed E-state index contributed by atoms with van der Waals surface area (Å²) in [7, 11) is 0. The molecule has 1 saturated carbocycles. The average Bonchev–Trinajstić information content (AvgIpc) is 3.08. The van der Waals surface area contributed by atoms with Crippen LogP contribution in [0.2, 0.25) is 0 Å². The molecular formula is C13H11FN2O. The Morgan fingerprint density at radius 1 is 1.35 bits per heavy atom. The van der Waals surface area contributed by atoms with Crippen LogP contribution in [-0.2, 0) is 0 Å². The van der Waals surface area contributed by atoms with Gasteiger partial charge in [-0.15, -0.1) is 0 Å². The molecule has 0 saturated heterocycles. The second-order valence-electron chi connectivity index (χ2n) is 4.38. The van der Waals surface area contributed by atoms with E-state index in [4.69, 9.17) is 15.3 Å². The molecular weight excluding hydrogens is 219 g/mol. The van der Waals surface area contributed by atoms with E-state index in [-0.39, 0.29) is 11.0 Å². The lowest BCUT2D eigenvalue weighted by molar-refractivity contribution is 0.236. The first-order chi connectivity index (χ1) is 8.19. The topological polar surface area (TPSA) is 56.8 Å². The van der Waals surface area contributed by atoms with E-state index >= 15 is 0 Å². The van der Waals surface area contributed by atoms with Crippen LogP contribution in [0.1, 0.15) is 24.8 Å². The van der Waals surface area contributed by atoms with Gasteiger partial charge in [0.05, 0.1) is 18.2 Å². The van der Waals surface area contributed by atoms with E-state index in [9.17, 15) is 4.39 Å². The number of rotatable bonds is 4. The Labute approximate surface area is 99.0 Å². The van der Waals surface area contributed by atoms with Crippen molar-refractivity contribution in [2.24, 2.45) is 5.41 Å². The molecule has 0 spiro atoms. The highest BCUT2D eigenvalue weighted by molar-refractivity contribution is 5.36. The van der Waals surface area contributed by atoms with E-state index in [1.54, 1.807) is 12.1 Å². The van der Waals surface area contributed by atoms with Gasteiger partial charge in [-0.05, 0) is 25.0 Å². The van der Waals surface area contributed by atoms with Gasteiger partial charge in [-0.1, -0.05) is 0 Å². The van der Waals surface area contributed by atoms with Gasteiger partial charge in [-0.25, -0.2) is 4.39 Å². The molecule has 2 rings (SSSR count). The Morgan fingerprint density at radius 2 is 2.12 bits per heavy atom. The third-order valence-electron chi connectivity index (χ3n) is 3.02. The fraction of sp³-hybridized carbons (Fsp3) is 0.385. The fourth-order valence-electron chi connectivity index (χ4n) is 1.63. The fourth-order valence-corrected chi connectivity index (χ4v) is 1.63.